The minimum atomic E-state index is -1.05. The molecule has 32 heavy (non-hydrogen) atoms. The van der Waals surface area contributed by atoms with Gasteiger partial charge in [0.1, 0.15) is 11.6 Å². The van der Waals surface area contributed by atoms with Gasteiger partial charge in [0.25, 0.3) is 5.91 Å². The normalized spacial score (nSPS) is 12.4. The van der Waals surface area contributed by atoms with Crippen LogP contribution in [-0.2, 0) is 4.79 Å². The molecule has 3 aromatic rings. The molecule has 3 rings (SSSR count). The van der Waals surface area contributed by atoms with Crippen molar-refractivity contribution in [1.82, 2.24) is 5.32 Å². The highest BCUT2D eigenvalue weighted by Gasteiger charge is 2.12. The highest BCUT2D eigenvalue weighted by atomic mass is 32.1. The van der Waals surface area contributed by atoms with E-state index in [1.54, 1.807) is 0 Å². The number of aliphatic hydroxyl groups excluding tert-OH is 2. The van der Waals surface area contributed by atoms with Gasteiger partial charge in [0, 0.05) is 35.1 Å². The number of aliphatic hydroxyl groups is 2. The van der Waals surface area contributed by atoms with Crippen molar-refractivity contribution in [2.75, 3.05) is 31.1 Å². The number of fused-ring (bicyclic) bond motifs is 1. The molecule has 1 amide bonds. The van der Waals surface area contributed by atoms with Crippen LogP contribution in [0.25, 0.3) is 27.3 Å². The van der Waals surface area contributed by atoms with Gasteiger partial charge < -0.3 is 20.4 Å². The van der Waals surface area contributed by atoms with Crippen molar-refractivity contribution in [3.63, 3.8) is 0 Å². The summed E-state index contributed by atoms with van der Waals surface area (Å²) < 4.78 is 0. The maximum atomic E-state index is 12.1. The average molecular weight is 450 g/mol. The van der Waals surface area contributed by atoms with E-state index in [2.05, 4.69) is 60.5 Å². The number of hydrogen-bond acceptors (Lipinski definition) is 6. The molecule has 0 saturated heterocycles. The summed E-state index contributed by atoms with van der Waals surface area (Å²) in [5.41, 5.74) is 2.24. The molecule has 3 N–H and O–H groups in total. The fraction of sp³-hybridized carbons (Fsp3) is 0.280. The Morgan fingerprint density at radius 2 is 1.88 bits per heavy atom. The number of carbonyl (C=O) groups excluding carboxylic acids is 1. The monoisotopic (exact) mass is 449 g/mol. The molecule has 0 spiro atoms. The first-order valence-electron chi connectivity index (χ1n) is 10.6. The summed E-state index contributed by atoms with van der Waals surface area (Å²) in [6, 6.07) is 18.6. The van der Waals surface area contributed by atoms with Crippen LogP contribution < -0.4 is 10.2 Å². The van der Waals surface area contributed by atoms with Gasteiger partial charge in [-0.05, 0) is 66.6 Å². The first-order valence-corrected chi connectivity index (χ1v) is 11.4. The molecule has 0 bridgehead atoms. The van der Waals surface area contributed by atoms with Gasteiger partial charge in [-0.2, -0.15) is 5.26 Å². The Labute approximate surface area is 192 Å². The summed E-state index contributed by atoms with van der Waals surface area (Å²) in [4.78, 5) is 16.3. The van der Waals surface area contributed by atoms with E-state index >= 15 is 0 Å². The molecule has 1 aromatic heterocycles. The zero-order valence-electron chi connectivity index (χ0n) is 18.2. The van der Waals surface area contributed by atoms with Crippen LogP contribution in [0.1, 0.15) is 18.7 Å². The average Bonchev–Trinajstić information content (AvgIpc) is 3.29. The molecular formula is C25H27N3O3S. The third-order valence-corrected chi connectivity index (χ3v) is 6.31. The van der Waals surface area contributed by atoms with E-state index in [1.807, 2.05) is 18.2 Å². The number of rotatable bonds is 9. The van der Waals surface area contributed by atoms with E-state index in [0.29, 0.717) is 0 Å². The fourth-order valence-corrected chi connectivity index (χ4v) is 4.37. The Bertz CT molecular complexity index is 1160. The van der Waals surface area contributed by atoms with Crippen LogP contribution in [0.5, 0.6) is 0 Å². The number of hydrogen-bond donors (Lipinski definition) is 3. The van der Waals surface area contributed by atoms with Crippen molar-refractivity contribution in [3.8, 4) is 16.5 Å². The van der Waals surface area contributed by atoms with Gasteiger partial charge in [-0.3, -0.25) is 4.79 Å². The number of amides is 1. The van der Waals surface area contributed by atoms with Crippen molar-refractivity contribution >= 4 is 39.8 Å². The summed E-state index contributed by atoms with van der Waals surface area (Å²) in [6.45, 7) is 5.67. The molecule has 0 fully saturated rings. The summed E-state index contributed by atoms with van der Waals surface area (Å²) in [6.07, 6.45) is 0.481. The van der Waals surface area contributed by atoms with Gasteiger partial charge in [-0.1, -0.05) is 18.2 Å². The lowest BCUT2D eigenvalue weighted by molar-refractivity contribution is -0.117. The van der Waals surface area contributed by atoms with Crippen LogP contribution in [-0.4, -0.2) is 48.5 Å². The lowest BCUT2D eigenvalue weighted by atomic mass is 10.0. The predicted octanol–water partition coefficient (Wildman–Crippen LogP) is 3.79. The first kappa shape index (κ1) is 23.5. The molecule has 7 heteroatoms. The van der Waals surface area contributed by atoms with Gasteiger partial charge in [-0.25, -0.2) is 0 Å². The topological polar surface area (TPSA) is 96.6 Å². The first-order chi connectivity index (χ1) is 15.5. The summed E-state index contributed by atoms with van der Waals surface area (Å²) >= 11 is 1.49. The molecule has 0 aliphatic carbocycles. The summed E-state index contributed by atoms with van der Waals surface area (Å²) in [5.74, 6) is -0.579. The van der Waals surface area contributed by atoms with E-state index in [9.17, 15) is 15.2 Å². The molecule has 1 heterocycles. The van der Waals surface area contributed by atoms with Crippen LogP contribution in [0.2, 0.25) is 0 Å². The van der Waals surface area contributed by atoms with Crippen molar-refractivity contribution in [2.24, 2.45) is 0 Å². The Morgan fingerprint density at radius 1 is 1.16 bits per heavy atom. The summed E-state index contributed by atoms with van der Waals surface area (Å²) in [5, 5.41) is 32.3. The van der Waals surface area contributed by atoms with Gasteiger partial charge in [-0.15, -0.1) is 11.3 Å². The van der Waals surface area contributed by atoms with E-state index in [4.69, 9.17) is 5.11 Å². The standard InChI is InChI=1S/C25H27N3O3S/c1-3-28(4-2)21-8-7-17-11-19(6-5-18(17)12-21)24-10-9-23(32-24)13-20(14-26)25(31)27-15-22(30)16-29/h5-13,22,29-30H,3-4,15-16H2,1-2H3,(H,27,31)/b20-13+. The molecule has 2 aromatic carbocycles. The van der Waals surface area contributed by atoms with Crippen molar-refractivity contribution < 1.29 is 15.0 Å². The Balaban J connectivity index is 1.80. The number of nitrogens with zero attached hydrogens (tertiary/aromatic N) is 2. The molecule has 0 radical (unpaired) electrons. The SMILES string of the molecule is CCN(CC)c1ccc2cc(-c3ccc(/C=C(\C#N)C(=O)NCC(O)CO)s3)ccc2c1. The molecule has 166 valence electrons. The second kappa shape index (κ2) is 10.9. The number of benzene rings is 2. The zero-order valence-corrected chi connectivity index (χ0v) is 19.0. The fourth-order valence-electron chi connectivity index (χ4n) is 3.42. The predicted molar refractivity (Wildman–Crippen MR) is 131 cm³/mol. The van der Waals surface area contributed by atoms with Gasteiger partial charge >= 0.3 is 0 Å². The maximum Gasteiger partial charge on any atom is 0.262 e. The molecule has 6 nitrogen and oxygen atoms in total. The molecule has 0 saturated carbocycles. The summed E-state index contributed by atoms with van der Waals surface area (Å²) in [7, 11) is 0. The largest absolute Gasteiger partial charge is 0.394 e. The smallest absolute Gasteiger partial charge is 0.262 e. The molecule has 0 aliphatic heterocycles. The van der Waals surface area contributed by atoms with Crippen LogP contribution >= 0.6 is 11.3 Å². The minimum Gasteiger partial charge on any atom is -0.394 e. The van der Waals surface area contributed by atoms with Gasteiger partial charge in [0.05, 0.1) is 12.7 Å². The molecular weight excluding hydrogens is 422 g/mol. The quantitative estimate of drug-likeness (QED) is 0.341. The number of anilines is 1. The van der Waals surface area contributed by atoms with E-state index < -0.39 is 18.6 Å². The lowest BCUT2D eigenvalue weighted by Gasteiger charge is -2.21. The van der Waals surface area contributed by atoms with Crippen molar-refractivity contribution in [3.05, 3.63) is 59.0 Å². The highest BCUT2D eigenvalue weighted by Crippen LogP contribution is 2.32. The highest BCUT2D eigenvalue weighted by molar-refractivity contribution is 7.16. The zero-order chi connectivity index (χ0) is 23.1. The van der Waals surface area contributed by atoms with E-state index in [1.165, 1.54) is 28.5 Å². The second-order valence-electron chi connectivity index (χ2n) is 7.34. The van der Waals surface area contributed by atoms with Gasteiger partial charge in [0.2, 0.25) is 0 Å². The van der Waals surface area contributed by atoms with Gasteiger partial charge in [0.15, 0.2) is 0 Å². The van der Waals surface area contributed by atoms with Crippen LogP contribution in [0, 0.1) is 11.3 Å². The van der Waals surface area contributed by atoms with Crippen LogP contribution in [0.4, 0.5) is 5.69 Å². The van der Waals surface area contributed by atoms with Crippen LogP contribution in [0.15, 0.2) is 54.1 Å². The van der Waals surface area contributed by atoms with Crippen molar-refractivity contribution in [2.45, 2.75) is 20.0 Å². The molecule has 0 aliphatic rings. The maximum absolute atomic E-state index is 12.1. The minimum absolute atomic E-state index is 0.0500. The van der Waals surface area contributed by atoms with Crippen molar-refractivity contribution in [1.29, 1.82) is 5.26 Å². The van der Waals surface area contributed by atoms with E-state index in [-0.39, 0.29) is 12.1 Å². The Kier molecular flexibility index (Phi) is 8.01. The Hall–Kier alpha value is -3.18. The van der Waals surface area contributed by atoms with E-state index in [0.717, 1.165) is 33.8 Å². The van der Waals surface area contributed by atoms with Crippen LogP contribution in [0.3, 0.4) is 0 Å². The number of nitrogens with one attached hydrogen (secondary N) is 1. The third-order valence-electron chi connectivity index (χ3n) is 5.22. The number of nitriles is 1. The number of thiophene rings is 1. The second-order valence-corrected chi connectivity index (χ2v) is 8.45. The molecule has 1 unspecified atom stereocenters. The Morgan fingerprint density at radius 3 is 2.56 bits per heavy atom. The molecule has 1 atom stereocenters. The lowest BCUT2D eigenvalue weighted by Crippen LogP contribution is -2.34. The number of carbonyl (C=O) groups is 1. The third kappa shape index (κ3) is 5.54.